The van der Waals surface area contributed by atoms with Gasteiger partial charge in [-0.1, -0.05) is 44.0 Å². The highest BCUT2D eigenvalue weighted by Crippen LogP contribution is 2.23. The molecule has 0 heterocycles. The number of hydrogen-bond donors (Lipinski definition) is 0. The Hall–Kier alpha value is 0.140. The van der Waals surface area contributed by atoms with Crippen molar-refractivity contribution in [2.24, 2.45) is 0 Å². The van der Waals surface area contributed by atoms with Gasteiger partial charge in [0.05, 0.1) is 5.88 Å². The zero-order valence-electron chi connectivity index (χ0n) is 7.40. The first-order chi connectivity index (χ1) is 6.69. The van der Waals surface area contributed by atoms with Gasteiger partial charge < -0.3 is 0 Å². The Morgan fingerprint density at radius 2 is 2.14 bits per heavy atom. The van der Waals surface area contributed by atoms with Gasteiger partial charge in [-0.25, -0.2) is 0 Å². The zero-order chi connectivity index (χ0) is 10.6. The predicted octanol–water partition coefficient (Wildman–Crippen LogP) is 3.69. The fraction of sp³-hybridized carbons (Fsp3) is 0.300. The molecule has 14 heavy (non-hydrogen) atoms. The second-order valence-corrected chi connectivity index (χ2v) is 4.54. The van der Waals surface area contributed by atoms with Crippen LogP contribution in [0.2, 0.25) is 0 Å². The van der Waals surface area contributed by atoms with Crippen molar-refractivity contribution in [3.8, 4) is 0 Å². The number of carbonyl (C=O) groups excluding carboxylic acids is 1. The van der Waals surface area contributed by atoms with Crippen molar-refractivity contribution in [2.45, 2.75) is 11.8 Å². The summed E-state index contributed by atoms with van der Waals surface area (Å²) in [5, 5.41) is 0.735. The molecule has 1 aromatic rings. The molecule has 0 aromatic heterocycles. The molecule has 0 radical (unpaired) electrons. The summed E-state index contributed by atoms with van der Waals surface area (Å²) in [4.78, 5) is 11.2. The Morgan fingerprint density at radius 3 is 2.71 bits per heavy atom. The minimum absolute atomic E-state index is 0.0481. The van der Waals surface area contributed by atoms with E-state index in [2.05, 4.69) is 31.9 Å². The van der Waals surface area contributed by atoms with Gasteiger partial charge in [0, 0.05) is 16.2 Å². The third-order valence-corrected chi connectivity index (χ3v) is 3.49. The number of rotatable bonds is 4. The first-order valence-corrected chi connectivity index (χ1v) is 6.53. The standard InChI is InChI=1S/C10H9Br2ClO/c11-5-9-7(4-8(14)6-13)2-1-3-10(9)12/h1-3H,4-6H2. The Morgan fingerprint density at radius 1 is 1.43 bits per heavy atom. The van der Waals surface area contributed by atoms with Crippen LogP contribution in [-0.4, -0.2) is 11.7 Å². The smallest absolute Gasteiger partial charge is 0.151 e. The lowest BCUT2D eigenvalue weighted by atomic mass is 10.0. The minimum Gasteiger partial charge on any atom is -0.298 e. The topological polar surface area (TPSA) is 17.1 Å². The number of Topliss-reactive ketones (excluding diaryl/α,β-unsaturated/α-hetero) is 1. The van der Waals surface area contributed by atoms with Crippen molar-refractivity contribution < 1.29 is 4.79 Å². The molecule has 0 N–H and O–H groups in total. The van der Waals surface area contributed by atoms with Crippen LogP contribution in [0.5, 0.6) is 0 Å². The Kier molecular flexibility index (Phi) is 5.13. The van der Waals surface area contributed by atoms with Gasteiger partial charge in [0.1, 0.15) is 0 Å². The van der Waals surface area contributed by atoms with Gasteiger partial charge >= 0.3 is 0 Å². The molecule has 0 unspecified atom stereocenters. The number of carbonyl (C=O) groups is 1. The molecule has 0 amide bonds. The largest absolute Gasteiger partial charge is 0.298 e. The van der Waals surface area contributed by atoms with E-state index in [9.17, 15) is 4.79 Å². The van der Waals surface area contributed by atoms with Crippen molar-refractivity contribution in [1.82, 2.24) is 0 Å². The highest BCUT2D eigenvalue weighted by Gasteiger charge is 2.08. The lowest BCUT2D eigenvalue weighted by molar-refractivity contribution is -0.116. The van der Waals surface area contributed by atoms with Crippen LogP contribution in [0.15, 0.2) is 22.7 Å². The highest BCUT2D eigenvalue weighted by atomic mass is 79.9. The quantitative estimate of drug-likeness (QED) is 0.764. The summed E-state index contributed by atoms with van der Waals surface area (Å²) in [6.07, 6.45) is 0.407. The molecule has 0 saturated carbocycles. The van der Waals surface area contributed by atoms with Crippen molar-refractivity contribution >= 4 is 49.2 Å². The molecule has 0 spiro atoms. The molecule has 0 aliphatic rings. The van der Waals surface area contributed by atoms with Gasteiger partial charge in [0.25, 0.3) is 0 Å². The van der Waals surface area contributed by atoms with Gasteiger partial charge in [-0.15, -0.1) is 11.6 Å². The van der Waals surface area contributed by atoms with Crippen LogP contribution in [-0.2, 0) is 16.5 Å². The van der Waals surface area contributed by atoms with Gasteiger partial charge in [-0.2, -0.15) is 0 Å². The number of benzene rings is 1. The van der Waals surface area contributed by atoms with Crippen molar-refractivity contribution in [1.29, 1.82) is 0 Å². The minimum atomic E-state index is 0.0481. The molecule has 0 fully saturated rings. The fourth-order valence-corrected chi connectivity index (χ4v) is 2.86. The maximum Gasteiger partial charge on any atom is 0.151 e. The summed E-state index contributed by atoms with van der Waals surface area (Å²) in [5.74, 6) is 0.126. The van der Waals surface area contributed by atoms with E-state index in [1.807, 2.05) is 18.2 Å². The zero-order valence-corrected chi connectivity index (χ0v) is 11.3. The van der Waals surface area contributed by atoms with E-state index in [4.69, 9.17) is 11.6 Å². The van der Waals surface area contributed by atoms with Crippen molar-refractivity contribution in [3.05, 3.63) is 33.8 Å². The average Bonchev–Trinajstić information content (AvgIpc) is 2.18. The van der Waals surface area contributed by atoms with Crippen LogP contribution in [0.1, 0.15) is 11.1 Å². The average molecular weight is 340 g/mol. The molecule has 0 atom stereocenters. The van der Waals surface area contributed by atoms with Gasteiger partial charge in [0.2, 0.25) is 0 Å². The first kappa shape index (κ1) is 12.2. The fourth-order valence-electron chi connectivity index (χ4n) is 1.18. The second-order valence-electron chi connectivity index (χ2n) is 2.86. The van der Waals surface area contributed by atoms with E-state index in [1.165, 1.54) is 0 Å². The van der Waals surface area contributed by atoms with E-state index in [-0.39, 0.29) is 11.7 Å². The van der Waals surface area contributed by atoms with E-state index in [0.717, 1.165) is 20.9 Å². The summed E-state index contributed by atoms with van der Waals surface area (Å²) in [6.45, 7) is 0. The molecule has 1 nitrogen and oxygen atoms in total. The molecule has 76 valence electrons. The van der Waals surface area contributed by atoms with E-state index >= 15 is 0 Å². The molecule has 0 bridgehead atoms. The number of halogens is 3. The van der Waals surface area contributed by atoms with Crippen LogP contribution in [0.4, 0.5) is 0 Å². The Labute approximate surface area is 105 Å². The van der Waals surface area contributed by atoms with E-state index < -0.39 is 0 Å². The first-order valence-electron chi connectivity index (χ1n) is 4.09. The van der Waals surface area contributed by atoms with Gasteiger partial charge in [0.15, 0.2) is 5.78 Å². The van der Waals surface area contributed by atoms with E-state index in [0.29, 0.717) is 6.42 Å². The third-order valence-electron chi connectivity index (χ3n) is 1.89. The number of ketones is 1. The SMILES string of the molecule is O=C(CCl)Cc1cccc(Br)c1CBr. The molecule has 0 saturated heterocycles. The molecule has 1 aromatic carbocycles. The van der Waals surface area contributed by atoms with Gasteiger partial charge in [-0.05, 0) is 17.2 Å². The Balaban J connectivity index is 2.96. The molecular formula is C10H9Br2ClO. The molecule has 0 aliphatic carbocycles. The summed E-state index contributed by atoms with van der Waals surface area (Å²) < 4.78 is 1.02. The summed E-state index contributed by atoms with van der Waals surface area (Å²) in [7, 11) is 0. The molecule has 0 aliphatic heterocycles. The maximum atomic E-state index is 11.2. The highest BCUT2D eigenvalue weighted by molar-refractivity contribution is 9.10. The molecule has 4 heteroatoms. The lowest BCUT2D eigenvalue weighted by Crippen LogP contribution is -2.06. The second kappa shape index (κ2) is 5.89. The van der Waals surface area contributed by atoms with Crippen molar-refractivity contribution in [3.63, 3.8) is 0 Å². The van der Waals surface area contributed by atoms with E-state index in [1.54, 1.807) is 0 Å². The lowest BCUT2D eigenvalue weighted by Gasteiger charge is -2.07. The summed E-state index contributed by atoms with van der Waals surface area (Å²) >= 11 is 12.3. The van der Waals surface area contributed by atoms with Crippen LogP contribution < -0.4 is 0 Å². The van der Waals surface area contributed by atoms with Crippen molar-refractivity contribution in [2.75, 3.05) is 5.88 Å². The van der Waals surface area contributed by atoms with Crippen LogP contribution in [0.3, 0.4) is 0 Å². The number of hydrogen-bond acceptors (Lipinski definition) is 1. The Bertz CT molecular complexity index is 339. The maximum absolute atomic E-state index is 11.2. The number of alkyl halides is 2. The van der Waals surface area contributed by atoms with Crippen LogP contribution in [0.25, 0.3) is 0 Å². The normalized spacial score (nSPS) is 10.2. The molecular weight excluding hydrogens is 331 g/mol. The van der Waals surface area contributed by atoms with Gasteiger partial charge in [-0.3, -0.25) is 4.79 Å². The molecule has 1 rings (SSSR count). The van der Waals surface area contributed by atoms with Crippen LogP contribution in [0, 0.1) is 0 Å². The summed E-state index contributed by atoms with van der Waals surface area (Å²) in [5.41, 5.74) is 2.15. The monoisotopic (exact) mass is 338 g/mol. The third kappa shape index (κ3) is 3.07. The summed E-state index contributed by atoms with van der Waals surface area (Å²) in [6, 6.07) is 5.84. The predicted molar refractivity (Wildman–Crippen MR) is 66.2 cm³/mol. The van der Waals surface area contributed by atoms with Crippen LogP contribution >= 0.6 is 43.5 Å².